The number of pyridine rings is 2. The first-order valence-corrected chi connectivity index (χ1v) is 8.51. The van der Waals surface area contributed by atoms with E-state index in [0.717, 1.165) is 22.6 Å². The predicted molar refractivity (Wildman–Crippen MR) is 100 cm³/mol. The number of ketones is 1. The molecule has 2 aromatic heterocycles. The molecule has 0 atom stereocenters. The number of hydrogen-bond donors (Lipinski definition) is 0. The Balaban J connectivity index is 1.89. The molecule has 2 aromatic rings. The maximum absolute atomic E-state index is 12.7. The predicted octanol–water partition coefficient (Wildman–Crippen LogP) is 2.84. The van der Waals surface area contributed by atoms with Gasteiger partial charge in [-0.25, -0.2) is 4.98 Å². The molecule has 5 nitrogen and oxygen atoms in total. The number of carbonyl (C=O) groups excluding carboxylic acids is 1. The van der Waals surface area contributed by atoms with Gasteiger partial charge in [0.2, 0.25) is 5.56 Å². The van der Waals surface area contributed by atoms with Gasteiger partial charge in [0.05, 0.1) is 0 Å². The summed E-state index contributed by atoms with van der Waals surface area (Å²) in [6.45, 7) is 4.23. The van der Waals surface area contributed by atoms with Crippen LogP contribution in [0.25, 0.3) is 6.08 Å². The van der Waals surface area contributed by atoms with E-state index in [9.17, 15) is 9.59 Å². The summed E-state index contributed by atoms with van der Waals surface area (Å²) in [6, 6.07) is 7.43. The Morgan fingerprint density at radius 1 is 1.16 bits per heavy atom. The third kappa shape index (κ3) is 3.27. The summed E-state index contributed by atoms with van der Waals surface area (Å²) in [5.41, 5.74) is 3.05. The smallest absolute Gasteiger partial charge is 0.250 e. The fraction of sp³-hybridized carbons (Fsp3) is 0.350. The molecule has 0 spiro atoms. The van der Waals surface area contributed by atoms with E-state index < -0.39 is 0 Å². The van der Waals surface area contributed by atoms with E-state index in [4.69, 9.17) is 0 Å². The maximum Gasteiger partial charge on any atom is 0.250 e. The van der Waals surface area contributed by atoms with Crippen LogP contribution in [0.3, 0.4) is 0 Å². The highest BCUT2D eigenvalue weighted by molar-refractivity contribution is 6.12. The van der Waals surface area contributed by atoms with Gasteiger partial charge in [-0.1, -0.05) is 0 Å². The summed E-state index contributed by atoms with van der Waals surface area (Å²) in [4.78, 5) is 31.0. The minimum atomic E-state index is -0.0759. The van der Waals surface area contributed by atoms with Crippen LogP contribution in [0, 0.1) is 0 Å². The number of aromatic nitrogens is 2. The Hall–Kier alpha value is -2.69. The van der Waals surface area contributed by atoms with Gasteiger partial charge in [0.25, 0.3) is 0 Å². The second-order valence-electron chi connectivity index (χ2n) is 6.74. The van der Waals surface area contributed by atoms with Crippen molar-refractivity contribution in [2.45, 2.75) is 32.7 Å². The lowest BCUT2D eigenvalue weighted by Crippen LogP contribution is -2.26. The van der Waals surface area contributed by atoms with Crippen LogP contribution in [-0.4, -0.2) is 28.4 Å². The number of nitrogens with zero attached hydrogens (tertiary/aromatic N) is 3. The van der Waals surface area contributed by atoms with Gasteiger partial charge in [0.15, 0.2) is 5.78 Å². The molecule has 0 aliphatic heterocycles. The van der Waals surface area contributed by atoms with Gasteiger partial charge < -0.3 is 9.47 Å². The number of hydrogen-bond acceptors (Lipinski definition) is 4. The molecule has 0 saturated carbocycles. The highest BCUT2D eigenvalue weighted by atomic mass is 16.1. The second-order valence-corrected chi connectivity index (χ2v) is 6.74. The van der Waals surface area contributed by atoms with Crippen molar-refractivity contribution in [2.24, 2.45) is 7.05 Å². The molecule has 130 valence electrons. The lowest BCUT2D eigenvalue weighted by Gasteiger charge is -2.22. The lowest BCUT2D eigenvalue weighted by molar-refractivity contribution is 0.102. The van der Waals surface area contributed by atoms with Crippen molar-refractivity contribution < 1.29 is 4.79 Å². The summed E-state index contributed by atoms with van der Waals surface area (Å²) in [6.07, 6.45) is 5.03. The van der Waals surface area contributed by atoms with Crippen LogP contribution in [-0.2, 0) is 13.5 Å². The summed E-state index contributed by atoms with van der Waals surface area (Å²) >= 11 is 0. The zero-order valence-corrected chi connectivity index (χ0v) is 15.1. The number of anilines is 1. The lowest BCUT2D eigenvalue weighted by atomic mass is 9.89. The highest BCUT2D eigenvalue weighted by Gasteiger charge is 2.23. The highest BCUT2D eigenvalue weighted by Crippen LogP contribution is 2.25. The molecule has 0 aromatic carbocycles. The van der Waals surface area contributed by atoms with Gasteiger partial charge in [-0.15, -0.1) is 0 Å². The van der Waals surface area contributed by atoms with E-state index in [-0.39, 0.29) is 11.3 Å². The summed E-state index contributed by atoms with van der Waals surface area (Å²) in [5, 5.41) is 0. The number of fused-ring (bicyclic) bond motifs is 1. The Labute approximate surface area is 147 Å². The molecule has 0 radical (unpaired) electrons. The number of allylic oxidation sites excluding steroid dienone is 1. The summed E-state index contributed by atoms with van der Waals surface area (Å²) in [7, 11) is 3.73. The largest absolute Gasteiger partial charge is 0.357 e. The summed E-state index contributed by atoms with van der Waals surface area (Å²) < 4.78 is 1.57. The normalized spacial score (nSPS) is 15.6. The fourth-order valence-electron chi connectivity index (χ4n) is 3.02. The van der Waals surface area contributed by atoms with Crippen molar-refractivity contribution in [3.8, 4) is 0 Å². The monoisotopic (exact) mass is 337 g/mol. The van der Waals surface area contributed by atoms with Crippen LogP contribution in [0.4, 0.5) is 5.82 Å². The van der Waals surface area contributed by atoms with Gasteiger partial charge in [-0.2, -0.15) is 0 Å². The first kappa shape index (κ1) is 17.1. The second kappa shape index (κ2) is 6.67. The molecule has 2 heterocycles. The molecule has 3 rings (SSSR count). The molecule has 25 heavy (non-hydrogen) atoms. The van der Waals surface area contributed by atoms with E-state index in [0.29, 0.717) is 24.4 Å². The zero-order valence-electron chi connectivity index (χ0n) is 15.1. The molecule has 0 bridgehead atoms. The Kier molecular flexibility index (Phi) is 4.57. The van der Waals surface area contributed by atoms with Gasteiger partial charge in [-0.05, 0) is 56.5 Å². The number of rotatable bonds is 3. The van der Waals surface area contributed by atoms with Gasteiger partial charge >= 0.3 is 0 Å². The molecule has 1 aliphatic carbocycles. The molecular weight excluding hydrogens is 314 g/mol. The van der Waals surface area contributed by atoms with Crippen LogP contribution in [0.15, 0.2) is 40.8 Å². The third-order valence-corrected chi connectivity index (χ3v) is 4.85. The molecule has 0 amide bonds. The quantitative estimate of drug-likeness (QED) is 0.808. The molecule has 5 heteroatoms. The number of carbonyl (C=O) groups is 1. The Morgan fingerprint density at radius 2 is 1.92 bits per heavy atom. The van der Waals surface area contributed by atoms with Crippen LogP contribution in [0.1, 0.15) is 41.9 Å². The first-order chi connectivity index (χ1) is 11.9. The van der Waals surface area contributed by atoms with Gasteiger partial charge in [0, 0.05) is 49.2 Å². The van der Waals surface area contributed by atoms with Gasteiger partial charge in [-0.3, -0.25) is 9.59 Å². The Morgan fingerprint density at radius 3 is 2.56 bits per heavy atom. The average molecular weight is 337 g/mol. The number of Topliss-reactive ketones (excluding diaryl/α,β-unsaturated/α-hetero) is 1. The fourth-order valence-corrected chi connectivity index (χ4v) is 3.02. The SMILES string of the molecule is CC(C)N(C)c1ccc(/C=C2\CCc3c(ccc(=O)n3C)C2=O)cn1. The van der Waals surface area contributed by atoms with E-state index in [1.165, 1.54) is 6.07 Å². The minimum Gasteiger partial charge on any atom is -0.357 e. The van der Waals surface area contributed by atoms with Crippen LogP contribution in [0.5, 0.6) is 0 Å². The van der Waals surface area contributed by atoms with E-state index in [2.05, 4.69) is 23.7 Å². The standard InChI is InChI=1S/C20H23N3O2/c1-13(2)22(3)18-9-5-14(12-21-18)11-15-6-8-17-16(20(15)25)7-10-19(24)23(17)4/h5,7,9-13H,6,8H2,1-4H3/b15-11+. The summed E-state index contributed by atoms with van der Waals surface area (Å²) in [5.74, 6) is 0.910. The minimum absolute atomic E-state index is 0.000208. The van der Waals surface area contributed by atoms with E-state index >= 15 is 0 Å². The molecular formula is C20H23N3O2. The average Bonchev–Trinajstić information content (AvgIpc) is 2.60. The van der Waals surface area contributed by atoms with E-state index in [1.54, 1.807) is 23.9 Å². The third-order valence-electron chi connectivity index (χ3n) is 4.85. The van der Waals surface area contributed by atoms with Crippen molar-refractivity contribution in [1.29, 1.82) is 0 Å². The topological polar surface area (TPSA) is 55.2 Å². The zero-order chi connectivity index (χ0) is 18.1. The Bertz CT molecular complexity index is 892. The van der Waals surface area contributed by atoms with Crippen molar-refractivity contribution in [2.75, 3.05) is 11.9 Å². The van der Waals surface area contributed by atoms with Crippen LogP contribution < -0.4 is 10.5 Å². The molecule has 0 unspecified atom stereocenters. The van der Waals surface area contributed by atoms with Crippen molar-refractivity contribution in [3.63, 3.8) is 0 Å². The van der Waals surface area contributed by atoms with Crippen molar-refractivity contribution >= 4 is 17.7 Å². The van der Waals surface area contributed by atoms with Gasteiger partial charge in [0.1, 0.15) is 5.82 Å². The molecule has 0 N–H and O–H groups in total. The molecule has 0 saturated heterocycles. The van der Waals surface area contributed by atoms with Crippen molar-refractivity contribution in [1.82, 2.24) is 9.55 Å². The maximum atomic E-state index is 12.7. The van der Waals surface area contributed by atoms with Crippen LogP contribution >= 0.6 is 0 Å². The first-order valence-electron chi connectivity index (χ1n) is 8.51. The van der Waals surface area contributed by atoms with E-state index in [1.807, 2.05) is 25.3 Å². The van der Waals surface area contributed by atoms with Crippen molar-refractivity contribution in [3.05, 3.63) is 63.2 Å². The molecule has 0 fully saturated rings. The van der Waals surface area contributed by atoms with Crippen LogP contribution in [0.2, 0.25) is 0 Å². The molecule has 1 aliphatic rings.